The standard InChI is InChI=1S/C20H27N3O2/c1-20(14-21,17-7-8-17)22-18(24)13-23-11-9-16(10-12-23)19(25)15-5-3-2-4-6-15/h2-6,16-17,19,25H,7-13H2,1H3,(H,22,24). The van der Waals surface area contributed by atoms with Crippen LogP contribution in [0.2, 0.25) is 0 Å². The molecule has 2 aliphatic rings. The number of aliphatic hydroxyl groups excluding tert-OH is 1. The molecule has 1 amide bonds. The van der Waals surface area contributed by atoms with Crippen molar-refractivity contribution in [2.75, 3.05) is 19.6 Å². The van der Waals surface area contributed by atoms with Gasteiger partial charge in [0.25, 0.3) is 0 Å². The number of nitriles is 1. The van der Waals surface area contributed by atoms with Gasteiger partial charge < -0.3 is 10.4 Å². The van der Waals surface area contributed by atoms with Gasteiger partial charge in [0.15, 0.2) is 0 Å². The summed E-state index contributed by atoms with van der Waals surface area (Å²) >= 11 is 0. The number of hydrogen-bond donors (Lipinski definition) is 2. The first-order chi connectivity index (χ1) is 12.0. The number of carbonyl (C=O) groups is 1. The fourth-order valence-corrected chi connectivity index (χ4v) is 3.76. The smallest absolute Gasteiger partial charge is 0.235 e. The number of likely N-dealkylation sites (tertiary alicyclic amines) is 1. The van der Waals surface area contributed by atoms with Crippen molar-refractivity contribution in [3.63, 3.8) is 0 Å². The Kier molecular flexibility index (Phi) is 5.41. The van der Waals surface area contributed by atoms with Crippen molar-refractivity contribution in [1.29, 1.82) is 5.26 Å². The van der Waals surface area contributed by atoms with Gasteiger partial charge in [-0.1, -0.05) is 30.3 Å². The number of hydrogen-bond acceptors (Lipinski definition) is 4. The van der Waals surface area contributed by atoms with Gasteiger partial charge in [0.05, 0.1) is 18.7 Å². The monoisotopic (exact) mass is 341 g/mol. The molecule has 1 saturated heterocycles. The summed E-state index contributed by atoms with van der Waals surface area (Å²) in [5.41, 5.74) is 0.242. The molecule has 1 aromatic rings. The molecular weight excluding hydrogens is 314 g/mol. The molecule has 1 aromatic carbocycles. The van der Waals surface area contributed by atoms with Crippen molar-refractivity contribution in [3.8, 4) is 6.07 Å². The van der Waals surface area contributed by atoms with Crippen molar-refractivity contribution >= 4 is 5.91 Å². The normalized spacial score (nSPS) is 22.6. The first-order valence-electron chi connectivity index (χ1n) is 9.19. The predicted molar refractivity (Wildman–Crippen MR) is 95.5 cm³/mol. The number of piperidine rings is 1. The van der Waals surface area contributed by atoms with Crippen LogP contribution < -0.4 is 5.32 Å². The lowest BCUT2D eigenvalue weighted by Crippen LogP contribution is -2.51. The predicted octanol–water partition coefficient (Wildman–Crippen LogP) is 2.24. The molecule has 0 bridgehead atoms. The van der Waals surface area contributed by atoms with Gasteiger partial charge in [0, 0.05) is 0 Å². The van der Waals surface area contributed by atoms with Crippen molar-refractivity contribution < 1.29 is 9.90 Å². The molecule has 5 nitrogen and oxygen atoms in total. The summed E-state index contributed by atoms with van der Waals surface area (Å²) < 4.78 is 0. The molecule has 2 fully saturated rings. The lowest BCUT2D eigenvalue weighted by atomic mass is 9.87. The highest BCUT2D eigenvalue weighted by molar-refractivity contribution is 5.79. The Labute approximate surface area is 149 Å². The van der Waals surface area contributed by atoms with E-state index in [-0.39, 0.29) is 11.8 Å². The van der Waals surface area contributed by atoms with Gasteiger partial charge in [-0.15, -0.1) is 0 Å². The summed E-state index contributed by atoms with van der Waals surface area (Å²) in [5.74, 6) is 0.462. The van der Waals surface area contributed by atoms with Crippen LogP contribution in [0.15, 0.2) is 30.3 Å². The second kappa shape index (κ2) is 7.55. The van der Waals surface area contributed by atoms with Crippen LogP contribution in [-0.4, -0.2) is 41.1 Å². The van der Waals surface area contributed by atoms with E-state index in [1.807, 2.05) is 37.3 Å². The van der Waals surface area contributed by atoms with Gasteiger partial charge in [-0.05, 0) is 63.1 Å². The summed E-state index contributed by atoms with van der Waals surface area (Å²) in [5, 5.41) is 22.8. The highest BCUT2D eigenvalue weighted by Gasteiger charge is 2.43. The van der Waals surface area contributed by atoms with Crippen LogP contribution in [0.1, 0.15) is 44.3 Å². The second-order valence-corrected chi connectivity index (χ2v) is 7.61. The maximum absolute atomic E-state index is 12.3. The lowest BCUT2D eigenvalue weighted by molar-refractivity contribution is -0.124. The molecule has 0 spiro atoms. The molecule has 1 saturated carbocycles. The summed E-state index contributed by atoms with van der Waals surface area (Å²) in [7, 11) is 0. The number of aliphatic hydroxyl groups is 1. The van der Waals surface area contributed by atoms with E-state index < -0.39 is 11.6 Å². The van der Waals surface area contributed by atoms with Crippen LogP contribution in [0.4, 0.5) is 0 Å². The van der Waals surface area contributed by atoms with Gasteiger partial charge in [0.1, 0.15) is 5.54 Å². The van der Waals surface area contributed by atoms with Gasteiger partial charge in [-0.3, -0.25) is 9.69 Å². The fraction of sp³-hybridized carbons (Fsp3) is 0.600. The summed E-state index contributed by atoms with van der Waals surface area (Å²) in [6.07, 6.45) is 3.36. The molecule has 0 radical (unpaired) electrons. The molecule has 0 aromatic heterocycles. The Morgan fingerprint density at radius 2 is 1.96 bits per heavy atom. The number of amides is 1. The van der Waals surface area contributed by atoms with Crippen LogP contribution in [0.5, 0.6) is 0 Å². The van der Waals surface area contributed by atoms with E-state index in [0.717, 1.165) is 44.3 Å². The summed E-state index contributed by atoms with van der Waals surface area (Å²) in [6, 6.07) is 12.0. The van der Waals surface area contributed by atoms with Crippen LogP contribution in [0.25, 0.3) is 0 Å². The molecule has 3 rings (SSSR count). The van der Waals surface area contributed by atoms with Crippen LogP contribution in [-0.2, 0) is 4.79 Å². The maximum Gasteiger partial charge on any atom is 0.235 e. The van der Waals surface area contributed by atoms with Crippen LogP contribution in [0.3, 0.4) is 0 Å². The zero-order chi connectivity index (χ0) is 17.9. The molecule has 1 aliphatic carbocycles. The van der Waals surface area contributed by atoms with Gasteiger partial charge in [-0.25, -0.2) is 0 Å². The van der Waals surface area contributed by atoms with Crippen molar-refractivity contribution in [1.82, 2.24) is 10.2 Å². The van der Waals surface area contributed by atoms with Crippen molar-refractivity contribution in [3.05, 3.63) is 35.9 Å². The van der Waals surface area contributed by atoms with E-state index >= 15 is 0 Å². The molecule has 25 heavy (non-hydrogen) atoms. The van der Waals surface area contributed by atoms with Crippen molar-refractivity contribution in [2.45, 2.75) is 44.2 Å². The van der Waals surface area contributed by atoms with Gasteiger partial charge in [-0.2, -0.15) is 5.26 Å². The first-order valence-corrected chi connectivity index (χ1v) is 9.19. The minimum atomic E-state index is -0.723. The van der Waals surface area contributed by atoms with E-state index in [1.165, 1.54) is 0 Å². The number of rotatable bonds is 6. The number of nitrogens with one attached hydrogen (secondary N) is 1. The Bertz CT molecular complexity index is 630. The summed E-state index contributed by atoms with van der Waals surface area (Å²) in [6.45, 7) is 3.76. The number of benzene rings is 1. The average Bonchev–Trinajstić information content (AvgIpc) is 3.48. The van der Waals surface area contributed by atoms with Crippen LogP contribution >= 0.6 is 0 Å². The zero-order valence-corrected chi connectivity index (χ0v) is 14.8. The van der Waals surface area contributed by atoms with E-state index in [0.29, 0.717) is 12.5 Å². The molecule has 2 unspecified atom stereocenters. The zero-order valence-electron chi connectivity index (χ0n) is 14.8. The minimum Gasteiger partial charge on any atom is -0.388 e. The SMILES string of the molecule is CC(C#N)(NC(=O)CN1CCC(C(O)c2ccccc2)CC1)C1CC1. The number of nitrogens with zero attached hydrogens (tertiary/aromatic N) is 2. The second-order valence-electron chi connectivity index (χ2n) is 7.61. The molecule has 1 aliphatic heterocycles. The molecular formula is C20H27N3O2. The molecule has 2 N–H and O–H groups in total. The largest absolute Gasteiger partial charge is 0.388 e. The van der Waals surface area contributed by atoms with E-state index in [1.54, 1.807) is 0 Å². The van der Waals surface area contributed by atoms with Crippen molar-refractivity contribution in [2.24, 2.45) is 11.8 Å². The summed E-state index contributed by atoms with van der Waals surface area (Å²) in [4.78, 5) is 14.4. The topological polar surface area (TPSA) is 76.4 Å². The van der Waals surface area contributed by atoms with Gasteiger partial charge >= 0.3 is 0 Å². The Balaban J connectivity index is 1.46. The number of carbonyl (C=O) groups excluding carboxylic acids is 1. The van der Waals surface area contributed by atoms with Gasteiger partial charge in [0.2, 0.25) is 5.91 Å². The van der Waals surface area contributed by atoms with E-state index in [4.69, 9.17) is 0 Å². The Hall–Kier alpha value is -1.90. The van der Waals surface area contributed by atoms with E-state index in [2.05, 4.69) is 16.3 Å². The first kappa shape index (κ1) is 17.9. The molecule has 2 atom stereocenters. The van der Waals surface area contributed by atoms with E-state index in [9.17, 15) is 15.2 Å². The molecule has 1 heterocycles. The fourth-order valence-electron chi connectivity index (χ4n) is 3.76. The average molecular weight is 341 g/mol. The maximum atomic E-state index is 12.3. The third-order valence-electron chi connectivity index (χ3n) is 5.61. The highest BCUT2D eigenvalue weighted by atomic mass is 16.3. The molecule has 5 heteroatoms. The third kappa shape index (κ3) is 4.39. The quantitative estimate of drug-likeness (QED) is 0.832. The molecule has 134 valence electrons. The minimum absolute atomic E-state index is 0.0713. The lowest BCUT2D eigenvalue weighted by Gasteiger charge is -2.34. The van der Waals surface area contributed by atoms with Crippen LogP contribution in [0, 0.1) is 23.2 Å². The Morgan fingerprint density at radius 3 is 2.52 bits per heavy atom. The third-order valence-corrected chi connectivity index (χ3v) is 5.61. The Morgan fingerprint density at radius 1 is 1.32 bits per heavy atom. The highest BCUT2D eigenvalue weighted by Crippen LogP contribution is 2.39.